The summed E-state index contributed by atoms with van der Waals surface area (Å²) in [7, 11) is 1.81. The summed E-state index contributed by atoms with van der Waals surface area (Å²) in [6.07, 6.45) is 0.781. The van der Waals surface area contributed by atoms with Crippen molar-refractivity contribution in [2.45, 2.75) is 20.3 Å². The third-order valence-electron chi connectivity index (χ3n) is 1.87. The molecule has 0 aromatic rings. The molecule has 0 spiro atoms. The highest BCUT2D eigenvalue weighted by Gasteiger charge is 2.14. The van der Waals surface area contributed by atoms with Gasteiger partial charge in [0, 0.05) is 19.5 Å². The number of amides is 1. The van der Waals surface area contributed by atoms with Crippen LogP contribution in [0.5, 0.6) is 0 Å². The lowest BCUT2D eigenvalue weighted by Crippen LogP contribution is -2.32. The fourth-order valence-corrected chi connectivity index (χ4v) is 0.906. The molecule has 0 saturated heterocycles. The van der Waals surface area contributed by atoms with E-state index in [0.717, 1.165) is 13.0 Å². The molecule has 11 heavy (non-hydrogen) atoms. The van der Waals surface area contributed by atoms with Gasteiger partial charge in [0.1, 0.15) is 0 Å². The van der Waals surface area contributed by atoms with E-state index in [1.54, 1.807) is 4.90 Å². The molecule has 1 atom stereocenters. The number of nitrogens with zero attached hydrogens (tertiary/aromatic N) is 1. The first-order valence-corrected chi connectivity index (χ1v) is 4.08. The fraction of sp³-hybridized carbons (Fsp3) is 0.875. The molecule has 0 aliphatic heterocycles. The average molecular weight is 158 g/mol. The first-order valence-electron chi connectivity index (χ1n) is 4.08. The lowest BCUT2D eigenvalue weighted by atomic mass is 10.1. The molecule has 1 amide bonds. The van der Waals surface area contributed by atoms with Crippen molar-refractivity contribution in [3.05, 3.63) is 0 Å². The lowest BCUT2D eigenvalue weighted by molar-refractivity contribution is -0.133. The predicted octanol–water partition coefficient (Wildman–Crippen LogP) is 0.450. The molecule has 0 radical (unpaired) electrons. The second kappa shape index (κ2) is 5.13. The minimum atomic E-state index is 0.0740. The van der Waals surface area contributed by atoms with Gasteiger partial charge in [-0.1, -0.05) is 6.92 Å². The van der Waals surface area contributed by atoms with Gasteiger partial charge in [0.05, 0.1) is 0 Å². The summed E-state index contributed by atoms with van der Waals surface area (Å²) in [5, 5.41) is 0. The van der Waals surface area contributed by atoms with E-state index in [9.17, 15) is 4.79 Å². The van der Waals surface area contributed by atoms with Crippen LogP contribution < -0.4 is 5.73 Å². The third-order valence-corrected chi connectivity index (χ3v) is 1.87. The highest BCUT2D eigenvalue weighted by Crippen LogP contribution is 2.03. The van der Waals surface area contributed by atoms with Gasteiger partial charge in [-0.3, -0.25) is 4.79 Å². The molecule has 0 fully saturated rings. The maximum atomic E-state index is 11.3. The Morgan fingerprint density at radius 1 is 1.64 bits per heavy atom. The highest BCUT2D eigenvalue weighted by atomic mass is 16.2. The molecule has 0 bridgehead atoms. The van der Waals surface area contributed by atoms with Crippen LogP contribution in [-0.4, -0.2) is 30.9 Å². The van der Waals surface area contributed by atoms with Crippen LogP contribution in [0.25, 0.3) is 0 Å². The molecule has 0 aromatic carbocycles. The maximum Gasteiger partial charge on any atom is 0.225 e. The van der Waals surface area contributed by atoms with E-state index in [4.69, 9.17) is 5.73 Å². The second-order valence-electron chi connectivity index (χ2n) is 2.83. The largest absolute Gasteiger partial charge is 0.346 e. The van der Waals surface area contributed by atoms with Crippen LogP contribution >= 0.6 is 0 Å². The van der Waals surface area contributed by atoms with Gasteiger partial charge in [-0.25, -0.2) is 0 Å². The summed E-state index contributed by atoms with van der Waals surface area (Å²) in [5.74, 6) is 0.267. The molecule has 3 heteroatoms. The van der Waals surface area contributed by atoms with Crippen molar-refractivity contribution in [3.63, 3.8) is 0 Å². The zero-order valence-corrected chi connectivity index (χ0v) is 7.63. The van der Waals surface area contributed by atoms with Crippen molar-refractivity contribution in [2.75, 3.05) is 20.1 Å². The third kappa shape index (κ3) is 3.37. The van der Waals surface area contributed by atoms with Gasteiger partial charge in [-0.05, 0) is 19.9 Å². The number of carbonyl (C=O) groups is 1. The molecule has 0 aliphatic rings. The van der Waals surface area contributed by atoms with Crippen LogP contribution in [0.15, 0.2) is 0 Å². The summed E-state index contributed by atoms with van der Waals surface area (Å²) in [5.41, 5.74) is 5.34. The molecule has 0 aromatic heterocycles. The monoisotopic (exact) mass is 158 g/mol. The number of carbonyl (C=O) groups excluding carboxylic acids is 1. The van der Waals surface area contributed by atoms with Crippen molar-refractivity contribution in [1.82, 2.24) is 4.90 Å². The Balaban J connectivity index is 3.81. The van der Waals surface area contributed by atoms with Gasteiger partial charge in [0.25, 0.3) is 0 Å². The molecule has 3 nitrogen and oxygen atoms in total. The Kier molecular flexibility index (Phi) is 4.86. The minimum Gasteiger partial charge on any atom is -0.346 e. The fourth-order valence-electron chi connectivity index (χ4n) is 0.906. The Bertz CT molecular complexity index is 125. The Labute approximate surface area is 68.6 Å². The first-order chi connectivity index (χ1) is 5.13. The Morgan fingerprint density at radius 3 is 2.55 bits per heavy atom. The Morgan fingerprint density at radius 2 is 2.18 bits per heavy atom. The zero-order valence-electron chi connectivity index (χ0n) is 7.63. The van der Waals surface area contributed by atoms with Crippen molar-refractivity contribution in [3.8, 4) is 0 Å². The maximum absolute atomic E-state index is 11.3. The number of hydrogen-bond donors (Lipinski definition) is 1. The van der Waals surface area contributed by atoms with Crippen LogP contribution in [0.3, 0.4) is 0 Å². The summed E-state index contributed by atoms with van der Waals surface area (Å²) < 4.78 is 0. The summed E-state index contributed by atoms with van der Waals surface area (Å²) in [6, 6.07) is 0. The zero-order chi connectivity index (χ0) is 8.85. The van der Waals surface area contributed by atoms with E-state index in [-0.39, 0.29) is 11.8 Å². The van der Waals surface area contributed by atoms with Crippen molar-refractivity contribution >= 4 is 5.91 Å². The summed E-state index contributed by atoms with van der Waals surface area (Å²) in [4.78, 5) is 13.1. The van der Waals surface area contributed by atoms with Crippen LogP contribution in [0, 0.1) is 5.92 Å². The Hall–Kier alpha value is -0.570. The number of hydrogen-bond acceptors (Lipinski definition) is 2. The van der Waals surface area contributed by atoms with E-state index in [1.165, 1.54) is 0 Å². The van der Waals surface area contributed by atoms with Crippen molar-refractivity contribution < 1.29 is 4.79 Å². The van der Waals surface area contributed by atoms with Crippen molar-refractivity contribution in [2.24, 2.45) is 11.7 Å². The lowest BCUT2D eigenvalue weighted by Gasteiger charge is -2.18. The van der Waals surface area contributed by atoms with E-state index in [2.05, 4.69) is 0 Å². The number of rotatable bonds is 4. The molecule has 66 valence electrons. The molecule has 0 heterocycles. The standard InChI is InChI=1S/C8H18N2O/c1-4-10(3)8(11)7(2)5-6-9/h7H,4-6,9H2,1-3H3. The van der Waals surface area contributed by atoms with E-state index in [0.29, 0.717) is 6.54 Å². The van der Waals surface area contributed by atoms with Gasteiger partial charge < -0.3 is 10.6 Å². The molecular weight excluding hydrogens is 140 g/mol. The minimum absolute atomic E-state index is 0.0740. The van der Waals surface area contributed by atoms with E-state index >= 15 is 0 Å². The molecule has 2 N–H and O–H groups in total. The van der Waals surface area contributed by atoms with Gasteiger partial charge in [-0.2, -0.15) is 0 Å². The van der Waals surface area contributed by atoms with Crippen LogP contribution in [0.4, 0.5) is 0 Å². The first kappa shape index (κ1) is 10.4. The molecule has 0 saturated carbocycles. The van der Waals surface area contributed by atoms with Gasteiger partial charge in [0.2, 0.25) is 5.91 Å². The van der Waals surface area contributed by atoms with E-state index in [1.807, 2.05) is 20.9 Å². The molecule has 1 unspecified atom stereocenters. The number of nitrogens with two attached hydrogens (primary N) is 1. The van der Waals surface area contributed by atoms with Gasteiger partial charge >= 0.3 is 0 Å². The van der Waals surface area contributed by atoms with E-state index < -0.39 is 0 Å². The predicted molar refractivity (Wildman–Crippen MR) is 46.1 cm³/mol. The summed E-state index contributed by atoms with van der Waals surface area (Å²) in [6.45, 7) is 5.24. The molecule has 0 aliphatic carbocycles. The summed E-state index contributed by atoms with van der Waals surface area (Å²) >= 11 is 0. The normalized spacial score (nSPS) is 12.7. The van der Waals surface area contributed by atoms with Crippen LogP contribution in [0.2, 0.25) is 0 Å². The average Bonchev–Trinajstić information content (AvgIpc) is 2.02. The highest BCUT2D eigenvalue weighted by molar-refractivity contribution is 5.78. The second-order valence-corrected chi connectivity index (χ2v) is 2.83. The molecule has 0 rings (SSSR count). The van der Waals surface area contributed by atoms with Gasteiger partial charge in [-0.15, -0.1) is 0 Å². The quantitative estimate of drug-likeness (QED) is 0.645. The SMILES string of the molecule is CCN(C)C(=O)C(C)CCN. The van der Waals surface area contributed by atoms with Crippen LogP contribution in [-0.2, 0) is 4.79 Å². The van der Waals surface area contributed by atoms with Gasteiger partial charge in [0.15, 0.2) is 0 Å². The molecular formula is C8H18N2O. The van der Waals surface area contributed by atoms with Crippen molar-refractivity contribution in [1.29, 1.82) is 0 Å². The van der Waals surface area contributed by atoms with Crippen LogP contribution in [0.1, 0.15) is 20.3 Å². The topological polar surface area (TPSA) is 46.3 Å². The smallest absolute Gasteiger partial charge is 0.225 e.